The van der Waals surface area contributed by atoms with Gasteiger partial charge < -0.3 is 5.01 Å². The Balaban J connectivity index is 1.64. The Labute approximate surface area is 107 Å². The molecule has 0 bridgehead atoms. The summed E-state index contributed by atoms with van der Waals surface area (Å²) < 4.78 is 0. The molecule has 2 atom stereocenters. The lowest BCUT2D eigenvalue weighted by Crippen LogP contribution is -2.34. The van der Waals surface area contributed by atoms with Gasteiger partial charge in [-0.15, -0.1) is 0 Å². The third-order valence-electron chi connectivity index (χ3n) is 4.08. The van der Waals surface area contributed by atoms with E-state index in [-0.39, 0.29) is 0 Å². The van der Waals surface area contributed by atoms with Crippen LogP contribution in [0.4, 0.5) is 5.69 Å². The molecular weight excluding hydrogens is 220 g/mol. The summed E-state index contributed by atoms with van der Waals surface area (Å²) in [6.45, 7) is 0. The van der Waals surface area contributed by atoms with Gasteiger partial charge in [-0.25, -0.2) is 5.43 Å². The third-order valence-corrected chi connectivity index (χ3v) is 4.08. The van der Waals surface area contributed by atoms with E-state index in [1.54, 1.807) is 0 Å². The van der Waals surface area contributed by atoms with Crippen molar-refractivity contribution < 1.29 is 0 Å². The van der Waals surface area contributed by atoms with E-state index in [1.165, 1.54) is 29.7 Å². The number of hydrazine groups is 1. The van der Waals surface area contributed by atoms with E-state index in [0.29, 0.717) is 12.1 Å². The third kappa shape index (κ3) is 1.46. The van der Waals surface area contributed by atoms with Gasteiger partial charge in [-0.2, -0.15) is 0 Å². The Morgan fingerprint density at radius 3 is 2.61 bits per heavy atom. The normalized spacial score (nSPS) is 25.0. The van der Waals surface area contributed by atoms with Crippen LogP contribution in [0.5, 0.6) is 0 Å². The topological polar surface area (TPSA) is 15.3 Å². The van der Waals surface area contributed by atoms with Crippen molar-refractivity contribution in [1.29, 1.82) is 0 Å². The van der Waals surface area contributed by atoms with Crippen molar-refractivity contribution in [3.8, 4) is 0 Å². The van der Waals surface area contributed by atoms with Gasteiger partial charge in [0.2, 0.25) is 0 Å². The maximum Gasteiger partial charge on any atom is 0.0556 e. The Hall–Kier alpha value is -1.80. The molecule has 2 aliphatic heterocycles. The van der Waals surface area contributed by atoms with Crippen LogP contribution < -0.4 is 10.4 Å². The smallest absolute Gasteiger partial charge is 0.0556 e. The molecule has 0 aliphatic carbocycles. The summed E-state index contributed by atoms with van der Waals surface area (Å²) in [6, 6.07) is 20.5. The van der Waals surface area contributed by atoms with Crippen LogP contribution in [-0.4, -0.2) is 6.04 Å². The van der Waals surface area contributed by atoms with Crippen molar-refractivity contribution >= 4 is 5.69 Å². The average Bonchev–Trinajstić information content (AvgIpc) is 2.97. The summed E-state index contributed by atoms with van der Waals surface area (Å²) in [5.41, 5.74) is 7.89. The number of hydrogen-bond acceptors (Lipinski definition) is 2. The van der Waals surface area contributed by atoms with Crippen LogP contribution in [0, 0.1) is 0 Å². The first-order valence-electron chi connectivity index (χ1n) is 6.60. The van der Waals surface area contributed by atoms with Gasteiger partial charge in [0.15, 0.2) is 0 Å². The van der Waals surface area contributed by atoms with Crippen LogP contribution in [0.15, 0.2) is 54.6 Å². The monoisotopic (exact) mass is 236 g/mol. The maximum atomic E-state index is 3.66. The Bertz CT molecular complexity index is 564. The lowest BCUT2D eigenvalue weighted by molar-refractivity contribution is 0.624. The van der Waals surface area contributed by atoms with Crippen LogP contribution in [0.3, 0.4) is 0 Å². The highest BCUT2D eigenvalue weighted by atomic mass is 15.6. The van der Waals surface area contributed by atoms with E-state index in [1.807, 2.05) is 0 Å². The molecule has 2 nitrogen and oxygen atoms in total. The molecule has 18 heavy (non-hydrogen) atoms. The van der Waals surface area contributed by atoms with Crippen LogP contribution in [0.1, 0.15) is 23.6 Å². The molecule has 2 aromatic carbocycles. The Morgan fingerprint density at radius 1 is 0.944 bits per heavy atom. The zero-order chi connectivity index (χ0) is 11.9. The summed E-state index contributed by atoms with van der Waals surface area (Å²) >= 11 is 0. The number of hydrogen-bond donors (Lipinski definition) is 1. The predicted octanol–water partition coefficient (Wildman–Crippen LogP) is 3.07. The number of nitrogens with one attached hydrogen (secondary N) is 1. The van der Waals surface area contributed by atoms with Gasteiger partial charge in [-0.1, -0.05) is 48.5 Å². The Kier molecular flexibility index (Phi) is 2.17. The number of para-hydroxylation sites is 1. The van der Waals surface area contributed by atoms with E-state index >= 15 is 0 Å². The predicted molar refractivity (Wildman–Crippen MR) is 73.3 cm³/mol. The van der Waals surface area contributed by atoms with Crippen molar-refractivity contribution in [2.24, 2.45) is 0 Å². The quantitative estimate of drug-likeness (QED) is 0.818. The van der Waals surface area contributed by atoms with E-state index < -0.39 is 0 Å². The van der Waals surface area contributed by atoms with Gasteiger partial charge in [0, 0.05) is 0 Å². The second-order valence-electron chi connectivity index (χ2n) is 5.18. The molecule has 0 aromatic heterocycles. The van der Waals surface area contributed by atoms with Gasteiger partial charge in [0.1, 0.15) is 0 Å². The number of fused-ring (bicyclic) bond motifs is 3. The fraction of sp³-hybridized carbons (Fsp3) is 0.250. The number of nitrogens with zero attached hydrogens (tertiary/aromatic N) is 1. The highest BCUT2D eigenvalue weighted by Gasteiger charge is 2.38. The summed E-state index contributed by atoms with van der Waals surface area (Å²) in [6.07, 6.45) is 2.37. The first-order valence-corrected chi connectivity index (χ1v) is 6.60. The van der Waals surface area contributed by atoms with Gasteiger partial charge in [-0.3, -0.25) is 0 Å². The molecule has 1 N–H and O–H groups in total. The minimum Gasteiger partial charge on any atom is -0.304 e. The molecule has 2 heterocycles. The van der Waals surface area contributed by atoms with Gasteiger partial charge in [-0.05, 0) is 30.0 Å². The lowest BCUT2D eigenvalue weighted by Gasteiger charge is -2.20. The molecule has 90 valence electrons. The molecule has 0 saturated carbocycles. The van der Waals surface area contributed by atoms with E-state index in [9.17, 15) is 0 Å². The Morgan fingerprint density at radius 2 is 1.72 bits per heavy atom. The fourth-order valence-electron chi connectivity index (χ4n) is 3.21. The zero-order valence-corrected chi connectivity index (χ0v) is 10.2. The van der Waals surface area contributed by atoms with Gasteiger partial charge in [0.05, 0.1) is 17.8 Å². The molecule has 0 spiro atoms. The van der Waals surface area contributed by atoms with Crippen molar-refractivity contribution in [2.45, 2.75) is 24.9 Å². The molecule has 2 aromatic rings. The summed E-state index contributed by atoms with van der Waals surface area (Å²) in [7, 11) is 0. The van der Waals surface area contributed by atoms with Gasteiger partial charge >= 0.3 is 0 Å². The summed E-state index contributed by atoms with van der Waals surface area (Å²) in [5, 5.41) is 2.37. The summed E-state index contributed by atoms with van der Waals surface area (Å²) in [5.74, 6) is 0. The largest absolute Gasteiger partial charge is 0.304 e. The molecular formula is C16H16N2. The molecule has 4 rings (SSSR count). The minimum absolute atomic E-state index is 0.463. The lowest BCUT2D eigenvalue weighted by atomic mass is 9.99. The highest BCUT2D eigenvalue weighted by molar-refractivity contribution is 5.59. The molecule has 0 radical (unpaired) electrons. The van der Waals surface area contributed by atoms with E-state index in [2.05, 4.69) is 65.0 Å². The van der Waals surface area contributed by atoms with Crippen LogP contribution >= 0.6 is 0 Å². The molecule has 0 unspecified atom stereocenters. The molecule has 2 heteroatoms. The molecule has 1 saturated heterocycles. The molecule has 2 aliphatic rings. The number of benzene rings is 2. The van der Waals surface area contributed by atoms with Crippen molar-refractivity contribution in [1.82, 2.24) is 5.43 Å². The van der Waals surface area contributed by atoms with Crippen molar-refractivity contribution in [3.63, 3.8) is 0 Å². The molecule has 1 fully saturated rings. The van der Waals surface area contributed by atoms with Crippen molar-refractivity contribution in [3.05, 3.63) is 65.7 Å². The first-order chi connectivity index (χ1) is 8.92. The van der Waals surface area contributed by atoms with E-state index in [4.69, 9.17) is 0 Å². The zero-order valence-electron chi connectivity index (χ0n) is 10.2. The second-order valence-corrected chi connectivity index (χ2v) is 5.18. The van der Waals surface area contributed by atoms with Crippen LogP contribution in [-0.2, 0) is 6.42 Å². The van der Waals surface area contributed by atoms with Crippen LogP contribution in [0.25, 0.3) is 0 Å². The standard InChI is InChI=1S/C16H16N2/c1-2-6-12(7-3-1)15-11-14-10-13-8-4-5-9-16(13)18(14)17-15/h1-9,14-15,17H,10-11H2/t14-,15+/m1/s1. The van der Waals surface area contributed by atoms with E-state index in [0.717, 1.165) is 0 Å². The van der Waals surface area contributed by atoms with Crippen molar-refractivity contribution in [2.75, 3.05) is 5.01 Å². The average molecular weight is 236 g/mol. The molecule has 0 amide bonds. The second kappa shape index (κ2) is 3.85. The highest BCUT2D eigenvalue weighted by Crippen LogP contribution is 2.39. The first kappa shape index (κ1) is 10.2. The summed E-state index contributed by atoms with van der Waals surface area (Å²) in [4.78, 5) is 0. The fourth-order valence-corrected chi connectivity index (χ4v) is 3.21. The SMILES string of the molecule is c1ccc([C@@H]2C[C@H]3Cc4ccccc4N3N2)cc1. The van der Waals surface area contributed by atoms with Crippen LogP contribution in [0.2, 0.25) is 0 Å². The number of anilines is 1. The minimum atomic E-state index is 0.463. The number of rotatable bonds is 1. The maximum absolute atomic E-state index is 3.66. The van der Waals surface area contributed by atoms with Gasteiger partial charge in [0.25, 0.3) is 0 Å².